The van der Waals surface area contributed by atoms with Crippen LogP contribution in [0.4, 0.5) is 0 Å². The molecule has 3 heteroatoms. The maximum atomic E-state index is 11.4. The van der Waals surface area contributed by atoms with Gasteiger partial charge in [-0.2, -0.15) is 0 Å². The van der Waals surface area contributed by atoms with Crippen LogP contribution in [0, 0.1) is 0 Å². The molecule has 0 heterocycles. The number of quaternary nitrogens is 1. The summed E-state index contributed by atoms with van der Waals surface area (Å²) < 4.78 is 0.765. The zero-order valence-electron chi connectivity index (χ0n) is 10.5. The number of carbonyl (C=O) groups is 1. The molecule has 0 spiro atoms. The Balaban J connectivity index is 3.46. The van der Waals surface area contributed by atoms with Crippen LogP contribution >= 0.6 is 0 Å². The van der Waals surface area contributed by atoms with E-state index in [2.05, 4.69) is 45.5 Å². The number of hydrogen-bond acceptors (Lipinski definition) is 1. The number of nitrogens with one attached hydrogen (secondary N) is 1. The summed E-state index contributed by atoms with van der Waals surface area (Å²) in [6.07, 6.45) is 7.95. The van der Waals surface area contributed by atoms with Crippen molar-refractivity contribution < 1.29 is 9.28 Å². The van der Waals surface area contributed by atoms with Crippen LogP contribution in [-0.2, 0) is 4.79 Å². The van der Waals surface area contributed by atoms with Crippen molar-refractivity contribution in [2.75, 3.05) is 27.8 Å². The van der Waals surface area contributed by atoms with E-state index in [1.807, 2.05) is 0 Å². The Bertz CT molecular complexity index is 204. The lowest BCUT2D eigenvalue weighted by Gasteiger charge is -2.23. The van der Waals surface area contributed by atoms with Crippen molar-refractivity contribution in [3.63, 3.8) is 0 Å². The monoisotopic (exact) mass is 213 g/mol. The molecule has 1 N–H and O–H groups in total. The van der Waals surface area contributed by atoms with Crippen LogP contribution in [0.3, 0.4) is 0 Å². The minimum Gasteiger partial charge on any atom is -0.314 e. The van der Waals surface area contributed by atoms with Crippen molar-refractivity contribution >= 4 is 5.91 Å². The molecule has 0 rings (SSSR count). The van der Waals surface area contributed by atoms with Crippen LogP contribution in [-0.4, -0.2) is 38.2 Å². The molecule has 0 radical (unpaired) electrons. The van der Waals surface area contributed by atoms with Crippen molar-refractivity contribution in [3.8, 4) is 0 Å². The van der Waals surface area contributed by atoms with E-state index in [0.717, 1.165) is 23.7 Å². The number of unbranched alkanes of at least 4 members (excludes halogenated alkanes) is 1. The molecule has 0 aromatic carbocycles. The number of amides is 1. The number of nitrogens with zero attached hydrogens (tertiary/aromatic N) is 1. The lowest BCUT2D eigenvalue weighted by Crippen LogP contribution is -2.45. The normalized spacial score (nSPS) is 12.0. The summed E-state index contributed by atoms with van der Waals surface area (Å²) in [5.41, 5.74) is 0. The molecule has 15 heavy (non-hydrogen) atoms. The Hall–Kier alpha value is -0.830. The van der Waals surface area contributed by atoms with E-state index in [9.17, 15) is 4.79 Å². The van der Waals surface area contributed by atoms with E-state index in [4.69, 9.17) is 0 Å². The molecule has 0 aromatic rings. The first-order valence-electron chi connectivity index (χ1n) is 5.68. The number of allylic oxidation sites excluding steroid dienone is 2. The Morgan fingerprint density at radius 3 is 2.47 bits per heavy atom. The maximum Gasteiger partial charge on any atom is 0.224 e. The quantitative estimate of drug-likeness (QED) is 0.298. The molecule has 0 atom stereocenters. The zero-order valence-corrected chi connectivity index (χ0v) is 10.5. The van der Waals surface area contributed by atoms with Gasteiger partial charge in [0, 0.05) is 6.42 Å². The van der Waals surface area contributed by atoms with E-state index in [-0.39, 0.29) is 5.91 Å². The largest absolute Gasteiger partial charge is 0.314 e. The third-order valence-corrected chi connectivity index (χ3v) is 1.93. The summed E-state index contributed by atoms with van der Waals surface area (Å²) in [5, 5.41) is 2.92. The molecule has 0 saturated heterocycles. The van der Waals surface area contributed by atoms with Gasteiger partial charge in [-0.1, -0.05) is 19.1 Å². The van der Waals surface area contributed by atoms with E-state index in [0.29, 0.717) is 13.1 Å². The summed E-state index contributed by atoms with van der Waals surface area (Å²) in [6.45, 7) is 2.81. The van der Waals surface area contributed by atoms with Gasteiger partial charge >= 0.3 is 0 Å². The molecular weight excluding hydrogens is 188 g/mol. The molecular formula is C12H25N2O+. The van der Waals surface area contributed by atoms with Gasteiger partial charge in [-0.05, 0) is 19.3 Å². The standard InChI is InChI=1S/C12H24N2O/c1-5-6-7-8-9-10-12(15)13-11-14(2,3)4/h6-7H,5,8-11H2,1-4H3/p+1/b7-6+. The van der Waals surface area contributed by atoms with Crippen molar-refractivity contribution in [2.45, 2.75) is 32.6 Å². The fourth-order valence-electron chi connectivity index (χ4n) is 1.08. The third-order valence-electron chi connectivity index (χ3n) is 1.93. The van der Waals surface area contributed by atoms with E-state index in [1.165, 1.54) is 0 Å². The molecule has 0 aliphatic heterocycles. The van der Waals surface area contributed by atoms with Crippen LogP contribution < -0.4 is 5.32 Å². The first-order chi connectivity index (χ1) is 6.95. The number of carbonyl (C=O) groups excluding carboxylic acids is 1. The Morgan fingerprint density at radius 1 is 1.27 bits per heavy atom. The van der Waals surface area contributed by atoms with Crippen molar-refractivity contribution in [1.29, 1.82) is 0 Å². The highest BCUT2D eigenvalue weighted by molar-refractivity contribution is 5.75. The fraction of sp³-hybridized carbons (Fsp3) is 0.750. The van der Waals surface area contributed by atoms with Gasteiger partial charge in [0.05, 0.1) is 21.1 Å². The van der Waals surface area contributed by atoms with Gasteiger partial charge < -0.3 is 9.80 Å². The van der Waals surface area contributed by atoms with Crippen LogP contribution in [0.2, 0.25) is 0 Å². The second-order valence-corrected chi connectivity index (χ2v) is 4.82. The third kappa shape index (κ3) is 11.1. The van der Waals surface area contributed by atoms with Gasteiger partial charge in [0.1, 0.15) is 0 Å². The molecule has 3 nitrogen and oxygen atoms in total. The van der Waals surface area contributed by atoms with Crippen LogP contribution in [0.25, 0.3) is 0 Å². The summed E-state index contributed by atoms with van der Waals surface area (Å²) in [5.74, 6) is 0.160. The SMILES string of the molecule is CC/C=C/CCCC(=O)NC[N+](C)(C)C. The lowest BCUT2D eigenvalue weighted by molar-refractivity contribution is -0.872. The zero-order chi connectivity index (χ0) is 11.7. The second-order valence-electron chi connectivity index (χ2n) is 4.82. The summed E-state index contributed by atoms with van der Waals surface area (Å²) in [4.78, 5) is 11.4. The molecule has 0 aliphatic rings. The fourth-order valence-corrected chi connectivity index (χ4v) is 1.08. The molecule has 0 bridgehead atoms. The Morgan fingerprint density at radius 2 is 1.93 bits per heavy atom. The molecule has 1 amide bonds. The van der Waals surface area contributed by atoms with Gasteiger partial charge in [-0.3, -0.25) is 4.79 Å². The number of rotatable bonds is 7. The highest BCUT2D eigenvalue weighted by Crippen LogP contribution is 1.97. The van der Waals surface area contributed by atoms with Gasteiger partial charge in [0.25, 0.3) is 0 Å². The van der Waals surface area contributed by atoms with E-state index >= 15 is 0 Å². The first-order valence-corrected chi connectivity index (χ1v) is 5.68. The van der Waals surface area contributed by atoms with Crippen LogP contribution in [0.5, 0.6) is 0 Å². The Kier molecular flexibility index (Phi) is 7.05. The predicted molar refractivity (Wildman–Crippen MR) is 64.3 cm³/mol. The van der Waals surface area contributed by atoms with Gasteiger partial charge in [-0.25, -0.2) is 0 Å². The van der Waals surface area contributed by atoms with Gasteiger partial charge in [-0.15, -0.1) is 0 Å². The topological polar surface area (TPSA) is 29.1 Å². The molecule has 88 valence electrons. The smallest absolute Gasteiger partial charge is 0.224 e. The van der Waals surface area contributed by atoms with Crippen molar-refractivity contribution in [2.24, 2.45) is 0 Å². The minimum absolute atomic E-state index is 0.160. The predicted octanol–water partition coefficient (Wildman–Crippen LogP) is 1.90. The lowest BCUT2D eigenvalue weighted by atomic mass is 10.2. The van der Waals surface area contributed by atoms with E-state index in [1.54, 1.807) is 0 Å². The highest BCUT2D eigenvalue weighted by Gasteiger charge is 2.08. The number of hydrogen-bond donors (Lipinski definition) is 1. The summed E-state index contributed by atoms with van der Waals surface area (Å²) in [7, 11) is 6.18. The average Bonchev–Trinajstić information content (AvgIpc) is 2.13. The molecule has 0 saturated carbocycles. The van der Waals surface area contributed by atoms with E-state index < -0.39 is 0 Å². The Labute approximate surface area is 93.7 Å². The van der Waals surface area contributed by atoms with Crippen molar-refractivity contribution in [1.82, 2.24) is 5.32 Å². The maximum absolute atomic E-state index is 11.4. The van der Waals surface area contributed by atoms with Crippen LogP contribution in [0.1, 0.15) is 32.6 Å². The second kappa shape index (κ2) is 7.46. The summed E-state index contributed by atoms with van der Waals surface area (Å²) >= 11 is 0. The first kappa shape index (κ1) is 14.2. The summed E-state index contributed by atoms with van der Waals surface area (Å²) in [6, 6.07) is 0. The van der Waals surface area contributed by atoms with Gasteiger partial charge in [0.2, 0.25) is 5.91 Å². The van der Waals surface area contributed by atoms with Crippen molar-refractivity contribution in [3.05, 3.63) is 12.2 Å². The molecule has 0 fully saturated rings. The highest BCUT2D eigenvalue weighted by atomic mass is 16.1. The average molecular weight is 213 g/mol. The molecule has 0 aliphatic carbocycles. The van der Waals surface area contributed by atoms with Gasteiger partial charge in [0.15, 0.2) is 6.67 Å². The molecule has 0 aromatic heterocycles. The molecule has 0 unspecified atom stereocenters. The minimum atomic E-state index is 0.160. The van der Waals surface area contributed by atoms with Crippen LogP contribution in [0.15, 0.2) is 12.2 Å².